The van der Waals surface area contributed by atoms with E-state index in [1.54, 1.807) is 36.7 Å². The Morgan fingerprint density at radius 1 is 1.21 bits per heavy atom. The van der Waals surface area contributed by atoms with Crippen LogP contribution >= 0.6 is 0 Å². The van der Waals surface area contributed by atoms with Gasteiger partial charge < -0.3 is 15.2 Å². The summed E-state index contributed by atoms with van der Waals surface area (Å²) in [6.45, 7) is 3.45. The van der Waals surface area contributed by atoms with Crippen LogP contribution in [0, 0.1) is 6.92 Å². The molecular weight excluding hydrogens is 358 g/mol. The van der Waals surface area contributed by atoms with E-state index in [1.807, 2.05) is 17.8 Å². The number of carboxylic acids is 1. The Morgan fingerprint density at radius 3 is 2.68 bits per heavy atom. The highest BCUT2D eigenvalue weighted by Crippen LogP contribution is 2.25. The normalized spacial score (nSPS) is 14.8. The second kappa shape index (κ2) is 7.77. The number of benzene rings is 1. The summed E-state index contributed by atoms with van der Waals surface area (Å²) in [6, 6.07) is 7.01. The Morgan fingerprint density at radius 2 is 1.96 bits per heavy atom. The molecule has 0 atom stereocenters. The maximum Gasteiger partial charge on any atom is 0.335 e. The zero-order valence-electron chi connectivity index (χ0n) is 15.5. The van der Waals surface area contributed by atoms with Crippen molar-refractivity contribution >= 4 is 17.6 Å². The smallest absolute Gasteiger partial charge is 0.335 e. The second-order valence-electron chi connectivity index (χ2n) is 6.79. The van der Waals surface area contributed by atoms with Gasteiger partial charge in [0.2, 0.25) is 5.95 Å². The minimum Gasteiger partial charge on any atom is -0.478 e. The van der Waals surface area contributed by atoms with E-state index in [2.05, 4.69) is 20.4 Å². The van der Waals surface area contributed by atoms with E-state index < -0.39 is 5.97 Å². The largest absolute Gasteiger partial charge is 0.478 e. The topological polar surface area (TPSA) is 102 Å². The third kappa shape index (κ3) is 3.86. The Kier molecular flexibility index (Phi) is 5.03. The lowest BCUT2D eigenvalue weighted by molar-refractivity contribution is 0.0662. The van der Waals surface area contributed by atoms with E-state index in [0.717, 1.165) is 48.6 Å². The standard InChI is InChI=1S/C20H21N5O3/c1-13-10-21-20(24-18(13)14-2-4-15(5-3-14)19(26)27)23-16-11-22-25(12-16)17-6-8-28-9-7-17/h2-5,10-12,17H,6-9H2,1H3,(H,26,27)(H,21,23,24). The van der Waals surface area contributed by atoms with Gasteiger partial charge in [-0.25, -0.2) is 14.8 Å². The number of aryl methyl sites for hydroxylation is 1. The molecule has 0 aliphatic carbocycles. The molecule has 8 nitrogen and oxygen atoms in total. The number of rotatable bonds is 5. The second-order valence-corrected chi connectivity index (χ2v) is 6.79. The van der Waals surface area contributed by atoms with Crippen LogP contribution < -0.4 is 5.32 Å². The first-order chi connectivity index (χ1) is 13.6. The molecule has 0 amide bonds. The van der Waals surface area contributed by atoms with Crippen LogP contribution in [0.4, 0.5) is 11.6 Å². The molecule has 0 unspecified atom stereocenters. The molecule has 1 aliphatic heterocycles. The highest BCUT2D eigenvalue weighted by atomic mass is 16.5. The van der Waals surface area contributed by atoms with Gasteiger partial charge in [0.15, 0.2) is 0 Å². The first-order valence-corrected chi connectivity index (χ1v) is 9.16. The number of hydrogen-bond donors (Lipinski definition) is 2. The molecule has 28 heavy (non-hydrogen) atoms. The molecule has 4 rings (SSSR count). The van der Waals surface area contributed by atoms with Gasteiger partial charge in [-0.1, -0.05) is 12.1 Å². The minimum absolute atomic E-state index is 0.245. The number of aromatic carboxylic acids is 1. The highest BCUT2D eigenvalue weighted by molar-refractivity contribution is 5.88. The number of hydrogen-bond acceptors (Lipinski definition) is 6. The molecule has 144 valence electrons. The molecular formula is C20H21N5O3. The molecule has 3 heterocycles. The van der Waals surface area contributed by atoms with Crippen LogP contribution in [0.5, 0.6) is 0 Å². The lowest BCUT2D eigenvalue weighted by Gasteiger charge is -2.22. The average Bonchev–Trinajstić information content (AvgIpc) is 3.19. The fraction of sp³-hybridized carbons (Fsp3) is 0.300. The number of nitrogens with one attached hydrogen (secondary N) is 1. The number of nitrogens with zero attached hydrogens (tertiary/aromatic N) is 4. The quantitative estimate of drug-likeness (QED) is 0.700. The zero-order chi connectivity index (χ0) is 19.5. The van der Waals surface area contributed by atoms with Crippen LogP contribution in [0.25, 0.3) is 11.3 Å². The Balaban J connectivity index is 1.54. The van der Waals surface area contributed by atoms with Crippen molar-refractivity contribution in [1.82, 2.24) is 19.7 Å². The summed E-state index contributed by atoms with van der Waals surface area (Å²) < 4.78 is 7.36. The summed E-state index contributed by atoms with van der Waals surface area (Å²) >= 11 is 0. The molecule has 1 aromatic carbocycles. The molecule has 2 aromatic heterocycles. The van der Waals surface area contributed by atoms with Crippen molar-refractivity contribution in [3.8, 4) is 11.3 Å². The molecule has 8 heteroatoms. The van der Waals surface area contributed by atoms with E-state index in [9.17, 15) is 4.79 Å². The minimum atomic E-state index is -0.949. The summed E-state index contributed by atoms with van der Waals surface area (Å²) in [5.41, 5.74) is 3.57. The van der Waals surface area contributed by atoms with Gasteiger partial charge in [-0.3, -0.25) is 4.68 Å². The monoisotopic (exact) mass is 379 g/mol. The van der Waals surface area contributed by atoms with Crippen molar-refractivity contribution in [2.45, 2.75) is 25.8 Å². The van der Waals surface area contributed by atoms with Gasteiger partial charge in [-0.05, 0) is 37.5 Å². The van der Waals surface area contributed by atoms with Gasteiger partial charge in [0.25, 0.3) is 0 Å². The molecule has 0 spiro atoms. The molecule has 3 aromatic rings. The van der Waals surface area contributed by atoms with Gasteiger partial charge in [0.1, 0.15) is 0 Å². The summed E-state index contributed by atoms with van der Waals surface area (Å²) in [7, 11) is 0. The van der Waals surface area contributed by atoms with E-state index >= 15 is 0 Å². The summed E-state index contributed by atoms with van der Waals surface area (Å²) in [6.07, 6.45) is 7.39. The van der Waals surface area contributed by atoms with Crippen LogP contribution in [0.2, 0.25) is 0 Å². The Bertz CT molecular complexity index is 978. The van der Waals surface area contributed by atoms with Crippen LogP contribution in [-0.4, -0.2) is 44.0 Å². The summed E-state index contributed by atoms with van der Waals surface area (Å²) in [4.78, 5) is 20.0. The first-order valence-electron chi connectivity index (χ1n) is 9.16. The fourth-order valence-electron chi connectivity index (χ4n) is 3.25. The van der Waals surface area contributed by atoms with Gasteiger partial charge in [0.05, 0.1) is 29.2 Å². The zero-order valence-corrected chi connectivity index (χ0v) is 15.5. The van der Waals surface area contributed by atoms with E-state index in [0.29, 0.717) is 12.0 Å². The van der Waals surface area contributed by atoms with Gasteiger partial charge >= 0.3 is 5.97 Å². The number of ether oxygens (including phenoxy) is 1. The number of carbonyl (C=O) groups is 1. The number of anilines is 2. The lowest BCUT2D eigenvalue weighted by atomic mass is 10.1. The van der Waals surface area contributed by atoms with Crippen molar-refractivity contribution < 1.29 is 14.6 Å². The van der Waals surface area contributed by atoms with Crippen LogP contribution in [0.1, 0.15) is 34.8 Å². The molecule has 1 saturated heterocycles. The molecule has 0 bridgehead atoms. The Labute approximate surface area is 162 Å². The van der Waals surface area contributed by atoms with Crippen molar-refractivity contribution in [1.29, 1.82) is 0 Å². The van der Waals surface area contributed by atoms with Crippen molar-refractivity contribution in [3.05, 3.63) is 54.0 Å². The Hall–Kier alpha value is -3.26. The summed E-state index contributed by atoms with van der Waals surface area (Å²) in [5, 5.41) is 16.7. The molecule has 0 radical (unpaired) electrons. The van der Waals surface area contributed by atoms with Crippen molar-refractivity contribution in [2.24, 2.45) is 0 Å². The van der Waals surface area contributed by atoms with E-state index in [4.69, 9.17) is 9.84 Å². The first kappa shape index (κ1) is 18.1. The van der Waals surface area contributed by atoms with Gasteiger partial charge in [-0.15, -0.1) is 0 Å². The van der Waals surface area contributed by atoms with Gasteiger partial charge in [-0.2, -0.15) is 5.10 Å². The maximum absolute atomic E-state index is 11.0. The van der Waals surface area contributed by atoms with Crippen molar-refractivity contribution in [2.75, 3.05) is 18.5 Å². The molecule has 0 saturated carbocycles. The molecule has 1 fully saturated rings. The predicted molar refractivity (Wildman–Crippen MR) is 104 cm³/mol. The SMILES string of the molecule is Cc1cnc(Nc2cnn(C3CCOCC3)c2)nc1-c1ccc(C(=O)O)cc1. The highest BCUT2D eigenvalue weighted by Gasteiger charge is 2.17. The third-order valence-corrected chi connectivity index (χ3v) is 4.80. The average molecular weight is 379 g/mol. The molecule has 1 aliphatic rings. The maximum atomic E-state index is 11.0. The van der Waals surface area contributed by atoms with Crippen LogP contribution in [-0.2, 0) is 4.74 Å². The van der Waals surface area contributed by atoms with E-state index in [1.165, 1.54) is 0 Å². The van der Waals surface area contributed by atoms with Crippen LogP contribution in [0.3, 0.4) is 0 Å². The fourth-order valence-corrected chi connectivity index (χ4v) is 3.25. The lowest BCUT2D eigenvalue weighted by Crippen LogP contribution is -2.19. The molecule has 2 N–H and O–H groups in total. The number of aromatic nitrogens is 4. The summed E-state index contributed by atoms with van der Waals surface area (Å²) in [5.74, 6) is -0.482. The van der Waals surface area contributed by atoms with Gasteiger partial charge in [0, 0.05) is 31.2 Å². The van der Waals surface area contributed by atoms with Crippen LogP contribution in [0.15, 0.2) is 42.9 Å². The van der Waals surface area contributed by atoms with E-state index in [-0.39, 0.29) is 5.56 Å². The third-order valence-electron chi connectivity index (χ3n) is 4.80. The van der Waals surface area contributed by atoms with Crippen molar-refractivity contribution in [3.63, 3.8) is 0 Å². The predicted octanol–water partition coefficient (Wildman–Crippen LogP) is 3.44. The number of carboxylic acid groups (broad SMARTS) is 1.